The van der Waals surface area contributed by atoms with Gasteiger partial charge in [-0.05, 0) is 101 Å². The third-order valence-electron chi connectivity index (χ3n) is 4.99. The summed E-state index contributed by atoms with van der Waals surface area (Å²) in [4.78, 5) is 61.1. The predicted molar refractivity (Wildman–Crippen MR) is 153 cm³/mol. The molecule has 0 aliphatic heterocycles. The molecule has 0 aliphatic rings. The number of carbonyl (C=O) groups is 5. The highest BCUT2D eigenvalue weighted by Gasteiger charge is 2.26. The highest BCUT2D eigenvalue weighted by Crippen LogP contribution is 2.11. The van der Waals surface area contributed by atoms with E-state index in [4.69, 9.17) is 18.9 Å². The number of nitrogens with one attached hydrogen (secondary N) is 4. The summed E-state index contributed by atoms with van der Waals surface area (Å²) >= 11 is 0. The average molecular weight is 589 g/mol. The Balaban J connectivity index is 4.83. The molecule has 0 spiro atoms. The highest BCUT2D eigenvalue weighted by molar-refractivity contribution is 5.85. The minimum Gasteiger partial charge on any atom is -0.467 e. The van der Waals surface area contributed by atoms with Crippen molar-refractivity contribution in [1.82, 2.24) is 21.3 Å². The van der Waals surface area contributed by atoms with E-state index >= 15 is 0 Å². The van der Waals surface area contributed by atoms with E-state index in [9.17, 15) is 24.0 Å². The van der Waals surface area contributed by atoms with Crippen LogP contribution in [0.3, 0.4) is 0 Å². The van der Waals surface area contributed by atoms with E-state index in [0.717, 1.165) is 0 Å². The van der Waals surface area contributed by atoms with Gasteiger partial charge in [-0.1, -0.05) is 0 Å². The number of hydrogen-bond donors (Lipinski definition) is 4. The van der Waals surface area contributed by atoms with Crippen molar-refractivity contribution >= 4 is 30.2 Å². The Kier molecular flexibility index (Phi) is 16.1. The lowest BCUT2D eigenvalue weighted by molar-refractivity contribution is -0.143. The van der Waals surface area contributed by atoms with Crippen molar-refractivity contribution in [3.8, 4) is 0 Å². The topological polar surface area (TPSA) is 170 Å². The Morgan fingerprint density at radius 2 is 0.951 bits per heavy atom. The molecule has 4 amide bonds. The average Bonchev–Trinajstić information content (AvgIpc) is 2.77. The van der Waals surface area contributed by atoms with Gasteiger partial charge in [0.25, 0.3) is 0 Å². The molecule has 0 aromatic carbocycles. The Morgan fingerprint density at radius 1 is 0.561 bits per heavy atom. The summed E-state index contributed by atoms with van der Waals surface area (Å²) in [5, 5.41) is 10.6. The number of ether oxygens (including phenoxy) is 4. The number of unbranched alkanes of at least 4 members (excludes halogenated alkanes) is 2. The zero-order valence-corrected chi connectivity index (χ0v) is 26.5. The molecule has 0 bridgehead atoms. The summed E-state index contributed by atoms with van der Waals surface area (Å²) in [6.07, 6.45) is 0.771. The van der Waals surface area contributed by atoms with Gasteiger partial charge in [-0.25, -0.2) is 19.2 Å². The Morgan fingerprint density at radius 3 is 1.39 bits per heavy atom. The van der Waals surface area contributed by atoms with E-state index in [2.05, 4.69) is 21.3 Å². The second kappa shape index (κ2) is 17.5. The fourth-order valence-electron chi connectivity index (χ4n) is 3.35. The maximum Gasteiger partial charge on any atom is 0.408 e. The summed E-state index contributed by atoms with van der Waals surface area (Å²) < 4.78 is 20.5. The van der Waals surface area contributed by atoms with Crippen LogP contribution in [0.15, 0.2) is 0 Å². The van der Waals surface area contributed by atoms with Crippen LogP contribution in [0.25, 0.3) is 0 Å². The van der Waals surface area contributed by atoms with Crippen molar-refractivity contribution in [2.24, 2.45) is 0 Å². The Bertz CT molecular complexity index is 858. The van der Waals surface area contributed by atoms with Crippen LogP contribution in [0.4, 0.5) is 14.4 Å². The molecule has 0 heterocycles. The van der Waals surface area contributed by atoms with E-state index in [1.807, 2.05) is 0 Å². The van der Waals surface area contributed by atoms with Crippen molar-refractivity contribution in [1.29, 1.82) is 0 Å². The largest absolute Gasteiger partial charge is 0.467 e. The number of rotatable bonds is 14. The van der Waals surface area contributed by atoms with Gasteiger partial charge in [0.2, 0.25) is 5.91 Å². The highest BCUT2D eigenvalue weighted by atomic mass is 16.6. The van der Waals surface area contributed by atoms with Gasteiger partial charge in [0.15, 0.2) is 0 Å². The van der Waals surface area contributed by atoms with E-state index in [0.29, 0.717) is 38.6 Å². The third-order valence-corrected chi connectivity index (χ3v) is 4.99. The van der Waals surface area contributed by atoms with Gasteiger partial charge in [-0.3, -0.25) is 4.79 Å². The van der Waals surface area contributed by atoms with Crippen LogP contribution in [0.1, 0.15) is 101 Å². The number of hydrogen-bond acceptors (Lipinski definition) is 9. The zero-order valence-electron chi connectivity index (χ0n) is 26.5. The van der Waals surface area contributed by atoms with Crippen LogP contribution >= 0.6 is 0 Å². The molecule has 1 unspecified atom stereocenters. The van der Waals surface area contributed by atoms with Gasteiger partial charge in [-0.2, -0.15) is 0 Å². The zero-order chi connectivity index (χ0) is 31.9. The second-order valence-corrected chi connectivity index (χ2v) is 12.6. The van der Waals surface area contributed by atoms with E-state index in [-0.39, 0.29) is 18.9 Å². The number of carbonyl (C=O) groups excluding carboxylic acids is 5. The molecule has 0 saturated carbocycles. The molecule has 0 aliphatic carbocycles. The molecule has 238 valence electrons. The third kappa shape index (κ3) is 21.2. The maximum atomic E-state index is 12.9. The molecule has 0 radical (unpaired) electrons. The van der Waals surface area contributed by atoms with Crippen molar-refractivity contribution in [2.75, 3.05) is 20.2 Å². The molecule has 4 N–H and O–H groups in total. The van der Waals surface area contributed by atoms with Crippen molar-refractivity contribution in [3.05, 3.63) is 0 Å². The number of amides is 4. The number of methoxy groups -OCH3 is 1. The molecule has 13 heteroatoms. The molecular formula is C28H52N4O9. The van der Waals surface area contributed by atoms with Crippen LogP contribution in [0.2, 0.25) is 0 Å². The van der Waals surface area contributed by atoms with Crippen LogP contribution in [0, 0.1) is 0 Å². The lowest BCUT2D eigenvalue weighted by Gasteiger charge is -2.23. The summed E-state index contributed by atoms with van der Waals surface area (Å²) in [5.41, 5.74) is -2.04. The van der Waals surface area contributed by atoms with Gasteiger partial charge < -0.3 is 40.2 Å². The lowest BCUT2D eigenvalue weighted by atomic mass is 10.1. The van der Waals surface area contributed by atoms with E-state index in [1.165, 1.54) is 7.11 Å². The first-order valence-corrected chi connectivity index (χ1v) is 14.0. The first-order valence-electron chi connectivity index (χ1n) is 14.0. The summed E-state index contributed by atoms with van der Waals surface area (Å²) in [5.74, 6) is -0.977. The molecular weight excluding hydrogens is 536 g/mol. The quantitative estimate of drug-likeness (QED) is 0.133. The Hall–Kier alpha value is -3.25. The molecule has 0 aromatic heterocycles. The molecule has 0 fully saturated rings. The molecule has 2 atom stereocenters. The first-order chi connectivity index (χ1) is 18.7. The molecule has 13 nitrogen and oxygen atoms in total. The molecule has 0 saturated heterocycles. The summed E-state index contributed by atoms with van der Waals surface area (Å²) in [7, 11) is 1.23. The minimum absolute atomic E-state index is 0.284. The minimum atomic E-state index is -0.888. The maximum absolute atomic E-state index is 12.9. The fraction of sp³-hybridized carbons (Fsp3) is 0.821. The van der Waals surface area contributed by atoms with E-state index < -0.39 is 53.1 Å². The SMILES string of the molecule is COC(=O)C(CCCCNC(=O)[C@H](CCCCNC(=O)OC(C)(C)C)NC(=O)OC(C)(C)C)NC(=O)OC(C)(C)C. The Labute approximate surface area is 244 Å². The predicted octanol–water partition coefficient (Wildman–Crippen LogP) is 3.93. The first kappa shape index (κ1) is 37.8. The summed E-state index contributed by atoms with van der Waals surface area (Å²) in [6, 6.07) is -1.73. The monoisotopic (exact) mass is 588 g/mol. The second-order valence-electron chi connectivity index (χ2n) is 12.6. The molecule has 41 heavy (non-hydrogen) atoms. The van der Waals surface area contributed by atoms with Crippen LogP contribution in [-0.2, 0) is 28.5 Å². The van der Waals surface area contributed by atoms with Gasteiger partial charge >= 0.3 is 24.2 Å². The van der Waals surface area contributed by atoms with Gasteiger partial charge in [-0.15, -0.1) is 0 Å². The normalized spacial score (nSPS) is 13.2. The van der Waals surface area contributed by atoms with Crippen molar-refractivity contribution < 1.29 is 42.9 Å². The van der Waals surface area contributed by atoms with E-state index in [1.54, 1.807) is 62.3 Å². The lowest BCUT2D eigenvalue weighted by Crippen LogP contribution is -2.48. The van der Waals surface area contributed by atoms with Crippen molar-refractivity contribution in [3.63, 3.8) is 0 Å². The number of alkyl carbamates (subject to hydrolysis) is 3. The van der Waals surface area contributed by atoms with Gasteiger partial charge in [0, 0.05) is 13.1 Å². The smallest absolute Gasteiger partial charge is 0.408 e. The van der Waals surface area contributed by atoms with Crippen LogP contribution in [-0.4, -0.2) is 79.2 Å². The number of esters is 1. The standard InChI is InChI=1S/C28H52N4O9/c1-26(2,3)39-23(35)30-18-14-11-15-19(31-24(36)40-27(4,5)6)21(33)29-17-13-12-16-20(22(34)38-10)32-25(37)41-28(7,8)9/h19-20H,11-18H2,1-10H3,(H,29,33)(H,30,35)(H,31,36)(H,32,37)/t19-,20?/m0/s1. The van der Waals surface area contributed by atoms with Crippen molar-refractivity contribution in [2.45, 2.75) is 130 Å². The van der Waals surface area contributed by atoms with Gasteiger partial charge in [0.1, 0.15) is 28.9 Å². The van der Waals surface area contributed by atoms with Gasteiger partial charge in [0.05, 0.1) is 7.11 Å². The molecule has 0 rings (SSSR count). The summed E-state index contributed by atoms with van der Waals surface area (Å²) in [6.45, 7) is 16.3. The molecule has 0 aromatic rings. The van der Waals surface area contributed by atoms with Crippen LogP contribution < -0.4 is 21.3 Å². The fourth-order valence-corrected chi connectivity index (χ4v) is 3.35. The van der Waals surface area contributed by atoms with Crippen LogP contribution in [0.5, 0.6) is 0 Å².